The number of carbonyl (C=O) groups is 1. The average molecular weight is 394 g/mol. The SMILES string of the molecule is CN(C)c1nccc(-c2cn[nH]c2C2CCCN2C(=O)Cc2cccc(F)c2)n1. The number of hydrogen-bond acceptors (Lipinski definition) is 5. The molecule has 3 heterocycles. The smallest absolute Gasteiger partial charge is 0.227 e. The number of aromatic amines is 1. The molecule has 29 heavy (non-hydrogen) atoms. The topological polar surface area (TPSA) is 78.0 Å². The van der Waals surface area contributed by atoms with E-state index in [1.165, 1.54) is 12.1 Å². The van der Waals surface area contributed by atoms with Crippen LogP contribution in [0.3, 0.4) is 0 Å². The highest BCUT2D eigenvalue weighted by atomic mass is 19.1. The summed E-state index contributed by atoms with van der Waals surface area (Å²) in [6.07, 6.45) is 5.39. The van der Waals surface area contributed by atoms with E-state index >= 15 is 0 Å². The van der Waals surface area contributed by atoms with Crippen LogP contribution in [0.2, 0.25) is 0 Å². The van der Waals surface area contributed by atoms with Gasteiger partial charge in [-0.15, -0.1) is 0 Å². The van der Waals surface area contributed by atoms with Gasteiger partial charge in [0.05, 0.1) is 30.0 Å². The van der Waals surface area contributed by atoms with E-state index in [-0.39, 0.29) is 24.2 Å². The minimum absolute atomic E-state index is 0.0182. The summed E-state index contributed by atoms with van der Waals surface area (Å²) in [6, 6.07) is 7.93. The number of benzene rings is 1. The van der Waals surface area contributed by atoms with E-state index in [1.807, 2.05) is 30.0 Å². The van der Waals surface area contributed by atoms with Gasteiger partial charge in [-0.3, -0.25) is 9.89 Å². The molecule has 1 fully saturated rings. The molecule has 4 rings (SSSR count). The Balaban J connectivity index is 1.59. The van der Waals surface area contributed by atoms with Gasteiger partial charge in [0.15, 0.2) is 0 Å². The van der Waals surface area contributed by atoms with E-state index in [0.717, 1.165) is 29.8 Å². The monoisotopic (exact) mass is 394 g/mol. The van der Waals surface area contributed by atoms with Crippen LogP contribution in [-0.2, 0) is 11.2 Å². The van der Waals surface area contributed by atoms with Crippen LogP contribution in [-0.4, -0.2) is 51.6 Å². The van der Waals surface area contributed by atoms with Crippen molar-refractivity contribution in [2.24, 2.45) is 0 Å². The second-order valence-corrected chi connectivity index (χ2v) is 7.39. The Kier molecular flexibility index (Phi) is 5.24. The van der Waals surface area contributed by atoms with Crippen molar-refractivity contribution >= 4 is 11.9 Å². The molecule has 1 N–H and O–H groups in total. The summed E-state index contributed by atoms with van der Waals surface area (Å²) in [5.41, 5.74) is 3.18. The number of hydrogen-bond donors (Lipinski definition) is 1. The largest absolute Gasteiger partial charge is 0.347 e. The van der Waals surface area contributed by atoms with E-state index in [4.69, 9.17) is 0 Å². The highest BCUT2D eigenvalue weighted by Gasteiger charge is 2.33. The number of rotatable bonds is 5. The molecular formula is C21H23FN6O. The first-order chi connectivity index (χ1) is 14.0. The summed E-state index contributed by atoms with van der Waals surface area (Å²) in [6.45, 7) is 0.671. The molecule has 0 spiro atoms. The molecule has 0 bridgehead atoms. The zero-order valence-corrected chi connectivity index (χ0v) is 16.5. The Morgan fingerprint density at radius 2 is 2.21 bits per heavy atom. The second kappa shape index (κ2) is 7.98. The zero-order valence-electron chi connectivity index (χ0n) is 16.5. The highest BCUT2D eigenvalue weighted by molar-refractivity contribution is 5.80. The summed E-state index contributed by atoms with van der Waals surface area (Å²) < 4.78 is 13.5. The Labute approximate surface area is 168 Å². The molecule has 7 nitrogen and oxygen atoms in total. The van der Waals surface area contributed by atoms with E-state index in [2.05, 4.69) is 20.2 Å². The van der Waals surface area contributed by atoms with Gasteiger partial charge in [-0.05, 0) is 36.6 Å². The van der Waals surface area contributed by atoms with Gasteiger partial charge in [-0.2, -0.15) is 5.10 Å². The van der Waals surface area contributed by atoms with Crippen LogP contribution in [0.25, 0.3) is 11.3 Å². The quantitative estimate of drug-likeness (QED) is 0.720. The molecule has 3 aromatic rings. The van der Waals surface area contributed by atoms with Gasteiger partial charge in [0.1, 0.15) is 5.82 Å². The maximum Gasteiger partial charge on any atom is 0.227 e. The maximum absolute atomic E-state index is 13.5. The molecule has 2 aromatic heterocycles. The maximum atomic E-state index is 13.5. The molecule has 8 heteroatoms. The van der Waals surface area contributed by atoms with E-state index in [1.54, 1.807) is 24.5 Å². The van der Waals surface area contributed by atoms with Crippen LogP contribution >= 0.6 is 0 Å². The number of nitrogens with zero attached hydrogens (tertiary/aromatic N) is 5. The molecule has 1 amide bonds. The van der Waals surface area contributed by atoms with Crippen LogP contribution in [0.1, 0.15) is 30.1 Å². The summed E-state index contributed by atoms with van der Waals surface area (Å²) in [7, 11) is 3.78. The summed E-state index contributed by atoms with van der Waals surface area (Å²) >= 11 is 0. The number of carbonyl (C=O) groups excluding carboxylic acids is 1. The lowest BCUT2D eigenvalue weighted by Crippen LogP contribution is -2.32. The number of likely N-dealkylation sites (tertiary alicyclic amines) is 1. The molecule has 1 aliphatic rings. The van der Waals surface area contributed by atoms with Crippen molar-refractivity contribution in [3.63, 3.8) is 0 Å². The lowest BCUT2D eigenvalue weighted by atomic mass is 10.0. The molecule has 1 aromatic carbocycles. The van der Waals surface area contributed by atoms with Gasteiger partial charge in [0, 0.05) is 32.4 Å². The lowest BCUT2D eigenvalue weighted by molar-refractivity contribution is -0.131. The Morgan fingerprint density at radius 1 is 1.34 bits per heavy atom. The molecule has 150 valence electrons. The number of anilines is 1. The second-order valence-electron chi connectivity index (χ2n) is 7.39. The van der Waals surface area contributed by atoms with Crippen LogP contribution < -0.4 is 4.90 Å². The molecule has 1 unspecified atom stereocenters. The number of aromatic nitrogens is 4. The fourth-order valence-electron chi connectivity index (χ4n) is 3.76. The van der Waals surface area contributed by atoms with Crippen molar-refractivity contribution in [1.29, 1.82) is 0 Å². The third-order valence-electron chi connectivity index (χ3n) is 5.14. The van der Waals surface area contributed by atoms with E-state index in [9.17, 15) is 9.18 Å². The number of amides is 1. The summed E-state index contributed by atoms with van der Waals surface area (Å²) in [4.78, 5) is 25.5. The number of halogens is 1. The molecular weight excluding hydrogens is 371 g/mol. The van der Waals surface area contributed by atoms with Crippen LogP contribution in [0, 0.1) is 5.82 Å². The molecule has 1 saturated heterocycles. The molecule has 0 aliphatic carbocycles. The third-order valence-corrected chi connectivity index (χ3v) is 5.14. The number of nitrogens with one attached hydrogen (secondary N) is 1. The standard InChI is InChI=1S/C21H23FN6O/c1-27(2)21-23-9-8-17(25-21)16-13-24-26-20(16)18-7-4-10-28(18)19(29)12-14-5-3-6-15(22)11-14/h3,5-6,8-9,11,13,18H,4,7,10,12H2,1-2H3,(H,24,26). The Morgan fingerprint density at radius 3 is 3.00 bits per heavy atom. The highest BCUT2D eigenvalue weighted by Crippen LogP contribution is 2.36. The van der Waals surface area contributed by atoms with Crippen molar-refractivity contribution in [3.05, 3.63) is 59.8 Å². The molecule has 0 radical (unpaired) electrons. The molecule has 1 atom stereocenters. The fourth-order valence-corrected chi connectivity index (χ4v) is 3.76. The minimum atomic E-state index is -0.329. The lowest BCUT2D eigenvalue weighted by Gasteiger charge is -2.25. The van der Waals surface area contributed by atoms with Gasteiger partial charge in [-0.1, -0.05) is 12.1 Å². The van der Waals surface area contributed by atoms with E-state index in [0.29, 0.717) is 18.1 Å². The normalized spacial score (nSPS) is 16.2. The van der Waals surface area contributed by atoms with Gasteiger partial charge in [-0.25, -0.2) is 14.4 Å². The minimum Gasteiger partial charge on any atom is -0.347 e. The first-order valence-electron chi connectivity index (χ1n) is 9.61. The van der Waals surface area contributed by atoms with Gasteiger partial charge >= 0.3 is 0 Å². The Hall–Kier alpha value is -3.29. The van der Waals surface area contributed by atoms with Gasteiger partial charge in [0.2, 0.25) is 11.9 Å². The number of H-pyrrole nitrogens is 1. The summed E-state index contributed by atoms with van der Waals surface area (Å²) in [5, 5.41) is 7.30. The van der Waals surface area contributed by atoms with Crippen molar-refractivity contribution in [2.75, 3.05) is 25.5 Å². The Bertz CT molecular complexity index is 1020. The van der Waals surface area contributed by atoms with Crippen molar-refractivity contribution in [2.45, 2.75) is 25.3 Å². The predicted molar refractivity (Wildman–Crippen MR) is 108 cm³/mol. The fraction of sp³-hybridized carbons (Fsp3) is 0.333. The first-order valence-corrected chi connectivity index (χ1v) is 9.61. The average Bonchev–Trinajstić information content (AvgIpc) is 3.37. The van der Waals surface area contributed by atoms with Crippen molar-refractivity contribution in [1.82, 2.24) is 25.1 Å². The molecule has 1 aliphatic heterocycles. The first kappa shape index (κ1) is 19.0. The molecule has 0 saturated carbocycles. The van der Waals surface area contributed by atoms with Crippen molar-refractivity contribution in [3.8, 4) is 11.3 Å². The third kappa shape index (κ3) is 3.96. The van der Waals surface area contributed by atoms with Crippen molar-refractivity contribution < 1.29 is 9.18 Å². The van der Waals surface area contributed by atoms with Crippen LogP contribution in [0.4, 0.5) is 10.3 Å². The van der Waals surface area contributed by atoms with E-state index < -0.39 is 0 Å². The zero-order chi connectivity index (χ0) is 20.4. The summed E-state index contributed by atoms with van der Waals surface area (Å²) in [5.74, 6) is 0.264. The van der Waals surface area contributed by atoms with Gasteiger partial charge < -0.3 is 9.80 Å². The van der Waals surface area contributed by atoms with Crippen LogP contribution in [0.5, 0.6) is 0 Å². The van der Waals surface area contributed by atoms with Crippen LogP contribution in [0.15, 0.2) is 42.7 Å². The predicted octanol–water partition coefficient (Wildman–Crippen LogP) is 2.98. The van der Waals surface area contributed by atoms with Gasteiger partial charge in [0.25, 0.3) is 0 Å².